The minimum absolute atomic E-state index is 0.0107. The van der Waals surface area contributed by atoms with Crippen LogP contribution in [-0.2, 0) is 10.2 Å². The number of anilines is 1. The monoisotopic (exact) mass is 354 g/mol. The average Bonchev–Trinajstić information content (AvgIpc) is 2.78. The van der Waals surface area contributed by atoms with Crippen molar-refractivity contribution in [2.45, 2.75) is 36.5 Å². The first-order valence-corrected chi connectivity index (χ1v) is 9.14. The summed E-state index contributed by atoms with van der Waals surface area (Å²) in [5.74, 6) is 0.0107. The zero-order chi connectivity index (χ0) is 18.2. The van der Waals surface area contributed by atoms with Crippen LogP contribution in [0, 0.1) is 5.21 Å². The minimum atomic E-state index is -0.331. The first-order valence-electron chi connectivity index (χ1n) is 8.26. The molecule has 0 saturated carbocycles. The summed E-state index contributed by atoms with van der Waals surface area (Å²) in [6, 6.07) is 13.4. The van der Waals surface area contributed by atoms with Crippen LogP contribution in [0.2, 0.25) is 0 Å². The number of pyridine rings is 1. The molecule has 1 atom stereocenters. The normalized spacial score (nSPS) is 18.2. The van der Waals surface area contributed by atoms with Gasteiger partial charge in [-0.1, -0.05) is 32.0 Å². The quantitative estimate of drug-likeness (QED) is 0.364. The Morgan fingerprint density at radius 1 is 1.24 bits per heavy atom. The fourth-order valence-electron chi connectivity index (χ4n) is 3.25. The Balaban J connectivity index is 1.85. The van der Waals surface area contributed by atoms with Crippen LogP contribution in [0.5, 0.6) is 0 Å². The van der Waals surface area contributed by atoms with Crippen molar-refractivity contribution in [3.8, 4) is 0 Å². The van der Waals surface area contributed by atoms with E-state index in [9.17, 15) is 10.0 Å². The second kappa shape index (κ2) is 6.56. The highest BCUT2D eigenvalue weighted by atomic mass is 32.2. The number of carbonyl (C=O) groups is 1. The lowest BCUT2D eigenvalue weighted by Gasteiger charge is -2.24. The largest absolute Gasteiger partial charge is 0.618 e. The number of aromatic nitrogens is 1. The van der Waals surface area contributed by atoms with Gasteiger partial charge in [0, 0.05) is 42.1 Å². The molecule has 0 fully saturated rings. The van der Waals surface area contributed by atoms with Crippen molar-refractivity contribution in [1.82, 2.24) is 0 Å². The molecule has 2 heterocycles. The first kappa shape index (κ1) is 17.5. The Bertz CT molecular complexity index is 845. The summed E-state index contributed by atoms with van der Waals surface area (Å²) < 4.78 is 0.795. The number of carbonyl (C=O) groups excluding carboxylic acids is 1. The SMILES string of the molecule is CC(Sc1cccc[n+]1[O-])C(=O)C=C1N(C)c2ccccc2C1(C)C. The third-order valence-corrected chi connectivity index (χ3v) is 5.85. The summed E-state index contributed by atoms with van der Waals surface area (Å²) in [5, 5.41) is 12.0. The lowest BCUT2D eigenvalue weighted by Crippen LogP contribution is -2.29. The lowest BCUT2D eigenvalue weighted by molar-refractivity contribution is -0.645. The topological polar surface area (TPSA) is 47.2 Å². The summed E-state index contributed by atoms with van der Waals surface area (Å²) in [4.78, 5) is 14.8. The van der Waals surface area contributed by atoms with Gasteiger partial charge >= 0.3 is 0 Å². The number of hydrogen-bond donors (Lipinski definition) is 0. The van der Waals surface area contributed by atoms with Crippen LogP contribution in [0.3, 0.4) is 0 Å². The molecule has 1 aromatic heterocycles. The second-order valence-electron chi connectivity index (χ2n) is 6.76. The fourth-order valence-corrected chi connectivity index (χ4v) is 4.12. The van der Waals surface area contributed by atoms with E-state index in [2.05, 4.69) is 30.9 Å². The van der Waals surface area contributed by atoms with Gasteiger partial charge in [-0.15, -0.1) is 0 Å². The van der Waals surface area contributed by atoms with Crippen LogP contribution in [0.1, 0.15) is 26.3 Å². The van der Waals surface area contributed by atoms with Gasteiger partial charge in [0.2, 0.25) is 0 Å². The second-order valence-corrected chi connectivity index (χ2v) is 8.12. The van der Waals surface area contributed by atoms with Gasteiger partial charge in [-0.25, -0.2) is 0 Å². The molecule has 0 bridgehead atoms. The maximum atomic E-state index is 12.8. The molecule has 4 nitrogen and oxygen atoms in total. The summed E-state index contributed by atoms with van der Waals surface area (Å²) in [5.41, 5.74) is 3.11. The fraction of sp³-hybridized carbons (Fsp3) is 0.300. The maximum Gasteiger partial charge on any atom is 0.252 e. The molecule has 1 aliphatic rings. The number of hydrogen-bond acceptors (Lipinski definition) is 4. The Morgan fingerprint density at radius 2 is 1.92 bits per heavy atom. The molecule has 3 rings (SSSR count). The summed E-state index contributed by atoms with van der Waals surface area (Å²) in [6.45, 7) is 6.11. The van der Waals surface area contributed by atoms with Gasteiger partial charge in [-0.3, -0.25) is 4.79 Å². The number of benzene rings is 1. The average molecular weight is 354 g/mol. The van der Waals surface area contributed by atoms with Crippen LogP contribution in [0.4, 0.5) is 5.69 Å². The molecule has 0 aliphatic carbocycles. The molecule has 0 amide bonds. The highest BCUT2D eigenvalue weighted by Crippen LogP contribution is 2.46. The van der Waals surface area contributed by atoms with Gasteiger partial charge in [0.15, 0.2) is 12.0 Å². The molecule has 1 aliphatic heterocycles. The summed E-state index contributed by atoms with van der Waals surface area (Å²) in [7, 11) is 1.99. The molecule has 130 valence electrons. The van der Waals surface area contributed by atoms with Crippen molar-refractivity contribution in [3.63, 3.8) is 0 Å². The third kappa shape index (κ3) is 3.16. The molecule has 0 spiro atoms. The molecule has 1 unspecified atom stereocenters. The lowest BCUT2D eigenvalue weighted by atomic mass is 9.83. The van der Waals surface area contributed by atoms with Crippen molar-refractivity contribution in [1.29, 1.82) is 0 Å². The van der Waals surface area contributed by atoms with E-state index in [1.807, 2.05) is 26.1 Å². The highest BCUT2D eigenvalue weighted by molar-refractivity contribution is 8.00. The number of fused-ring (bicyclic) bond motifs is 1. The third-order valence-electron chi connectivity index (χ3n) is 4.71. The van der Waals surface area contributed by atoms with E-state index in [1.165, 1.54) is 23.5 Å². The number of likely N-dealkylation sites (N-methyl/N-ethyl adjacent to an activating group) is 1. The predicted octanol–water partition coefficient (Wildman–Crippen LogP) is 3.68. The molecule has 5 heteroatoms. The van der Waals surface area contributed by atoms with E-state index >= 15 is 0 Å². The zero-order valence-corrected chi connectivity index (χ0v) is 15.7. The van der Waals surface area contributed by atoms with Crippen molar-refractivity contribution in [3.05, 3.63) is 71.2 Å². The summed E-state index contributed by atoms with van der Waals surface area (Å²) in [6.07, 6.45) is 3.18. The molecular weight excluding hydrogens is 332 g/mol. The number of nitrogens with zero attached hydrogens (tertiary/aromatic N) is 2. The van der Waals surface area contributed by atoms with Crippen molar-refractivity contribution >= 4 is 23.2 Å². The van der Waals surface area contributed by atoms with Gasteiger partial charge in [-0.05, 0) is 36.4 Å². The standard InChI is InChI=1S/C20H22N2O2S/c1-14(25-19-11-7-8-12-22(19)24)17(23)13-18-20(2,3)15-9-5-6-10-16(15)21(18)4/h5-14H,1-4H3. The summed E-state index contributed by atoms with van der Waals surface area (Å²) >= 11 is 1.28. The van der Waals surface area contributed by atoms with Gasteiger partial charge in [0.05, 0.1) is 5.25 Å². The first-order chi connectivity index (χ1) is 11.8. The number of thioether (sulfide) groups is 1. The van der Waals surface area contributed by atoms with Gasteiger partial charge in [0.25, 0.3) is 5.03 Å². The van der Waals surface area contributed by atoms with E-state index in [-0.39, 0.29) is 16.4 Å². The van der Waals surface area contributed by atoms with Gasteiger partial charge in [-0.2, -0.15) is 4.73 Å². The number of rotatable bonds is 4. The molecule has 0 saturated heterocycles. The Labute approximate surface area is 152 Å². The van der Waals surface area contributed by atoms with Gasteiger partial charge < -0.3 is 10.1 Å². The van der Waals surface area contributed by atoms with Crippen molar-refractivity contribution in [2.24, 2.45) is 0 Å². The molecule has 0 radical (unpaired) electrons. The Morgan fingerprint density at radius 3 is 2.60 bits per heavy atom. The molecular formula is C20H22N2O2S. The Kier molecular flexibility index (Phi) is 4.60. The van der Waals surface area contributed by atoms with Gasteiger partial charge in [0.1, 0.15) is 0 Å². The van der Waals surface area contributed by atoms with Crippen LogP contribution in [0.15, 0.2) is 65.5 Å². The van der Waals surface area contributed by atoms with Crippen LogP contribution >= 0.6 is 11.8 Å². The van der Waals surface area contributed by atoms with Crippen LogP contribution < -0.4 is 9.63 Å². The van der Waals surface area contributed by atoms with E-state index in [0.29, 0.717) is 5.03 Å². The predicted molar refractivity (Wildman–Crippen MR) is 102 cm³/mol. The Hall–Kier alpha value is -2.27. The van der Waals surface area contributed by atoms with E-state index in [0.717, 1.165) is 16.1 Å². The molecule has 25 heavy (non-hydrogen) atoms. The van der Waals surface area contributed by atoms with E-state index in [4.69, 9.17) is 0 Å². The van der Waals surface area contributed by atoms with Crippen molar-refractivity contribution in [2.75, 3.05) is 11.9 Å². The number of para-hydroxylation sites is 1. The smallest absolute Gasteiger partial charge is 0.252 e. The van der Waals surface area contributed by atoms with E-state index in [1.54, 1.807) is 24.3 Å². The number of ketones is 1. The maximum absolute atomic E-state index is 12.8. The minimum Gasteiger partial charge on any atom is -0.618 e. The molecule has 0 N–H and O–H groups in total. The number of allylic oxidation sites excluding steroid dienone is 2. The molecule has 1 aromatic carbocycles. The van der Waals surface area contributed by atoms with Crippen LogP contribution in [-0.4, -0.2) is 18.1 Å². The molecule has 2 aromatic rings. The van der Waals surface area contributed by atoms with E-state index < -0.39 is 0 Å². The zero-order valence-electron chi connectivity index (χ0n) is 14.9. The van der Waals surface area contributed by atoms with Crippen molar-refractivity contribution < 1.29 is 9.52 Å². The van der Waals surface area contributed by atoms with Crippen LogP contribution in [0.25, 0.3) is 0 Å². The highest BCUT2D eigenvalue weighted by Gasteiger charge is 2.38.